The van der Waals surface area contributed by atoms with Crippen LogP contribution in [-0.2, 0) is 107 Å². The fourth-order valence-corrected chi connectivity index (χ4v) is 0. The van der Waals surface area contributed by atoms with Crippen LogP contribution in [0, 0.1) is 0 Å². The van der Waals surface area contributed by atoms with Crippen molar-refractivity contribution in [1.29, 1.82) is 0 Å². The van der Waals surface area contributed by atoms with Gasteiger partial charge in [-0.15, -0.1) is 0 Å². The molecule has 0 radical (unpaired) electrons. The minimum atomic E-state index is -1.70. The van der Waals surface area contributed by atoms with Crippen LogP contribution in [0.4, 0.5) is 0 Å². The maximum atomic E-state index is 9.22. The first-order valence-electron chi connectivity index (χ1n) is 1.10. The molecule has 11 heteroatoms. The molecular weight excluding hydrogens is 418 g/mol. The van der Waals surface area contributed by atoms with Crippen LogP contribution in [0.25, 0.3) is 0 Å². The molecule has 0 fully saturated rings. The Kier molecular flexibility index (Phi) is 63.3. The maximum Gasteiger partial charge on any atom is 2.00 e. The average Bonchev–Trinajstić information content (AvgIpc) is 1.25. The van der Waals surface area contributed by atoms with E-state index in [1.54, 1.807) is 0 Å². The Labute approximate surface area is 128 Å². The predicted octanol–water partition coefficient (Wildman–Crippen LogP) is -0.673. The van der Waals surface area contributed by atoms with Crippen LogP contribution in [0.1, 0.15) is 0 Å². The summed E-state index contributed by atoms with van der Waals surface area (Å²) in [7, 11) is 0. The van der Waals surface area contributed by atoms with Crippen molar-refractivity contribution in [2.45, 2.75) is 0 Å². The van der Waals surface area contributed by atoms with Crippen molar-refractivity contribution in [1.82, 2.24) is 0 Å². The molecule has 0 aromatic carbocycles. The fraction of sp³-hybridized carbons (Fsp3) is 0. The molecule has 2 nitrogen and oxygen atoms in total. The molecule has 0 saturated heterocycles. The standard InChI is InChI=1S/2OPS2.3Zn/c2*1-2(3)4;;;/q2*-3;3*+2. The average molecular weight is 418 g/mol. The minimum Gasteiger partial charge on any atom is -0.866 e. The molecule has 11 heavy (non-hydrogen) atoms. The zero-order chi connectivity index (χ0) is 7.15. The topological polar surface area (TPSA) is 46.1 Å². The van der Waals surface area contributed by atoms with E-state index in [9.17, 15) is 9.79 Å². The number of rotatable bonds is 0. The normalized spacial score (nSPS) is 6.55. The van der Waals surface area contributed by atoms with Gasteiger partial charge in [0, 0.05) is 0 Å². The van der Waals surface area contributed by atoms with Gasteiger partial charge in [0.05, 0.1) is 0 Å². The molecule has 0 amide bonds. The third-order valence-corrected chi connectivity index (χ3v) is 0. The monoisotopic (exact) mass is 414 g/mol. The van der Waals surface area contributed by atoms with E-state index in [1.165, 1.54) is 0 Å². The second-order valence-corrected chi connectivity index (χ2v) is 6.71. The molecule has 0 N–H and O–H groups in total. The minimum absolute atomic E-state index is 0. The van der Waals surface area contributed by atoms with Gasteiger partial charge in [-0.1, -0.05) is 0 Å². The molecule has 0 aliphatic carbocycles. The summed E-state index contributed by atoms with van der Waals surface area (Å²) in [5.41, 5.74) is 0. The molecule has 0 spiro atoms. The van der Waals surface area contributed by atoms with Crippen molar-refractivity contribution < 1.29 is 68.2 Å². The Morgan fingerprint density at radius 2 is 0.636 bits per heavy atom. The summed E-state index contributed by atoms with van der Waals surface area (Å²) < 4.78 is 0. The van der Waals surface area contributed by atoms with Gasteiger partial charge < -0.3 is 71.9 Å². The largest absolute Gasteiger partial charge is 2.00 e. The second-order valence-electron chi connectivity index (χ2n) is 0.447. The first kappa shape index (κ1) is 29.4. The maximum absolute atomic E-state index is 9.22. The number of hydrogen-bond donors (Lipinski definition) is 0. The summed E-state index contributed by atoms with van der Waals surface area (Å²) in [6.45, 7) is -3.41. The molecule has 0 aromatic rings. The summed E-state index contributed by atoms with van der Waals surface area (Å²) in [5, 5.41) is 0. The smallest absolute Gasteiger partial charge is 0.866 e. The molecule has 0 rings (SSSR count). The van der Waals surface area contributed by atoms with E-state index in [-0.39, 0.29) is 58.4 Å². The molecule has 0 heterocycles. The van der Waals surface area contributed by atoms with Crippen LogP contribution >= 0.6 is 13.1 Å². The van der Waals surface area contributed by atoms with E-state index >= 15 is 0 Å². The van der Waals surface area contributed by atoms with Crippen molar-refractivity contribution in [2.24, 2.45) is 0 Å². The summed E-state index contributed by atoms with van der Waals surface area (Å²) in [4.78, 5) is 18.4. The Hall–Kier alpha value is 4.05. The van der Waals surface area contributed by atoms with Gasteiger partial charge in [-0.05, 0) is 0 Å². The van der Waals surface area contributed by atoms with Crippen LogP contribution in [0.5, 0.6) is 0 Å². The molecule has 0 aromatic heterocycles. The molecule has 0 bridgehead atoms. The van der Waals surface area contributed by atoms with Crippen LogP contribution in [0.2, 0.25) is 0 Å². The molecule has 0 aliphatic heterocycles. The van der Waals surface area contributed by atoms with Crippen molar-refractivity contribution in [2.75, 3.05) is 0 Å². The first-order valence-corrected chi connectivity index (χ1v) is 7.67. The summed E-state index contributed by atoms with van der Waals surface area (Å²) in [5.74, 6) is 0. The zero-order valence-corrected chi connectivity index (χ0v) is 19.4. The van der Waals surface area contributed by atoms with Gasteiger partial charge in [0.1, 0.15) is 0 Å². The van der Waals surface area contributed by atoms with Gasteiger partial charge >= 0.3 is 58.4 Å². The van der Waals surface area contributed by atoms with Crippen molar-refractivity contribution >= 4 is 62.1 Å². The van der Waals surface area contributed by atoms with E-state index in [0.29, 0.717) is 0 Å². The van der Waals surface area contributed by atoms with Crippen molar-refractivity contribution in [3.05, 3.63) is 0 Å². The SMILES string of the molecule is [O-]P([S-])[S-].[O-]P([S-])[S-].[Zn+2].[Zn+2].[Zn+2]. The predicted molar refractivity (Wildman–Crippen MR) is 43.3 cm³/mol. The van der Waals surface area contributed by atoms with E-state index < -0.39 is 13.1 Å². The van der Waals surface area contributed by atoms with Gasteiger partial charge in [0.25, 0.3) is 0 Å². The van der Waals surface area contributed by atoms with Crippen LogP contribution in [-0.4, -0.2) is 0 Å². The molecule has 0 aliphatic rings. The van der Waals surface area contributed by atoms with Gasteiger partial charge in [0.15, 0.2) is 0 Å². The van der Waals surface area contributed by atoms with Crippen LogP contribution in [0.15, 0.2) is 0 Å². The Balaban J connectivity index is -0.0000000171. The molecule has 0 saturated carbocycles. The van der Waals surface area contributed by atoms with Crippen molar-refractivity contribution in [3.63, 3.8) is 0 Å². The van der Waals surface area contributed by atoms with E-state index in [0.717, 1.165) is 0 Å². The summed E-state index contributed by atoms with van der Waals surface area (Å²) in [6.07, 6.45) is 0. The Bertz CT molecular complexity index is 36.8. The second kappa shape index (κ2) is 23.7. The summed E-state index contributed by atoms with van der Waals surface area (Å²) in [6, 6.07) is 0. The number of hydrogen-bond acceptors (Lipinski definition) is 6. The van der Waals surface area contributed by atoms with Gasteiger partial charge in [-0.25, -0.2) is 0 Å². The fourth-order valence-electron chi connectivity index (χ4n) is 0. The molecule has 0 unspecified atom stereocenters. The first-order chi connectivity index (χ1) is 3.46. The van der Waals surface area contributed by atoms with Crippen LogP contribution in [0.3, 0.4) is 0 Å². The molecular formula is O2P2S4Zn3. The third kappa shape index (κ3) is 124. The van der Waals surface area contributed by atoms with Crippen LogP contribution < -0.4 is 9.79 Å². The van der Waals surface area contributed by atoms with Gasteiger partial charge in [-0.3, -0.25) is 0 Å². The third-order valence-electron chi connectivity index (χ3n) is 0. The molecule has 52 valence electrons. The van der Waals surface area contributed by atoms with E-state index in [1.807, 2.05) is 0 Å². The van der Waals surface area contributed by atoms with Gasteiger partial charge in [-0.2, -0.15) is 0 Å². The Morgan fingerprint density at radius 3 is 0.636 bits per heavy atom. The van der Waals surface area contributed by atoms with E-state index in [2.05, 4.69) is 49.0 Å². The van der Waals surface area contributed by atoms with Gasteiger partial charge in [0.2, 0.25) is 0 Å². The molecule has 0 atom stereocenters. The quantitative estimate of drug-likeness (QED) is 0.296. The Morgan fingerprint density at radius 1 is 0.636 bits per heavy atom. The van der Waals surface area contributed by atoms with Crippen molar-refractivity contribution in [3.8, 4) is 0 Å². The summed E-state index contributed by atoms with van der Waals surface area (Å²) >= 11 is 15.8. The zero-order valence-electron chi connectivity index (χ0n) is 5.47. The van der Waals surface area contributed by atoms with E-state index in [4.69, 9.17) is 0 Å².